The zero-order valence-electron chi connectivity index (χ0n) is 21.3. The van der Waals surface area contributed by atoms with Crippen LogP contribution in [-0.2, 0) is 9.53 Å². The van der Waals surface area contributed by atoms with E-state index in [4.69, 9.17) is 9.73 Å². The van der Waals surface area contributed by atoms with Crippen molar-refractivity contribution in [2.45, 2.75) is 120 Å². The summed E-state index contributed by atoms with van der Waals surface area (Å²) in [6.07, 6.45) is 16.0. The van der Waals surface area contributed by atoms with Gasteiger partial charge < -0.3 is 20.1 Å². The molecule has 0 bridgehead atoms. The number of rotatable bonds is 3. The molecule has 6 heteroatoms. The second-order valence-electron chi connectivity index (χ2n) is 13.1. The molecule has 6 nitrogen and oxygen atoms in total. The van der Waals surface area contributed by atoms with Gasteiger partial charge >= 0.3 is 5.97 Å². The molecule has 0 radical (unpaired) electrons. The van der Waals surface area contributed by atoms with Gasteiger partial charge in [0.1, 0.15) is 6.61 Å². The highest BCUT2D eigenvalue weighted by atomic mass is 16.5. The largest absolute Gasteiger partial charge is 0.458 e. The van der Waals surface area contributed by atoms with Crippen LogP contribution in [0.1, 0.15) is 96.8 Å². The molecule has 0 aromatic rings. The van der Waals surface area contributed by atoms with E-state index in [1.54, 1.807) is 6.08 Å². The number of cyclic esters (lactones) is 1. The summed E-state index contributed by atoms with van der Waals surface area (Å²) in [7, 11) is 0. The fraction of sp³-hybridized carbons (Fsp3) is 0.862. The zero-order valence-corrected chi connectivity index (χ0v) is 21.3. The summed E-state index contributed by atoms with van der Waals surface area (Å²) in [5, 5.41) is 35.2. The van der Waals surface area contributed by atoms with Gasteiger partial charge in [0.2, 0.25) is 0 Å². The summed E-state index contributed by atoms with van der Waals surface area (Å²) in [4.78, 5) is 17.0. The Balaban J connectivity index is 1.36. The molecular weight excluding hydrogens is 442 g/mol. The number of fused-ring (bicyclic) bond motifs is 5. The predicted octanol–water partition coefficient (Wildman–Crippen LogP) is 4.10. The number of carbonyl (C=O) groups excluding carboxylic acids is 1. The van der Waals surface area contributed by atoms with Gasteiger partial charge in [-0.1, -0.05) is 26.2 Å². The zero-order chi connectivity index (χ0) is 24.5. The second kappa shape index (κ2) is 8.39. The normalized spacial score (nSPS) is 50.4. The monoisotopic (exact) mass is 485 g/mol. The molecule has 1 heterocycles. The molecule has 0 unspecified atom stereocenters. The van der Waals surface area contributed by atoms with Crippen molar-refractivity contribution in [2.75, 3.05) is 6.61 Å². The van der Waals surface area contributed by atoms with Crippen LogP contribution in [0.15, 0.2) is 16.6 Å². The van der Waals surface area contributed by atoms with Crippen LogP contribution < -0.4 is 0 Å². The SMILES string of the molecule is C[C@]12CC[C@H]3[C@@H](CC[C@]4(O)C[C@H](O)CC[C@]34C=NC3CCCCC3)[C@]1(O)CC[C@H]2C1=CC(=O)OC1. The van der Waals surface area contributed by atoms with E-state index in [0.29, 0.717) is 31.9 Å². The van der Waals surface area contributed by atoms with E-state index < -0.39 is 22.7 Å². The Kier molecular flexibility index (Phi) is 5.78. The van der Waals surface area contributed by atoms with Crippen LogP contribution >= 0.6 is 0 Å². The third kappa shape index (κ3) is 3.45. The van der Waals surface area contributed by atoms with Gasteiger partial charge in [-0.25, -0.2) is 4.79 Å². The van der Waals surface area contributed by atoms with Gasteiger partial charge in [0.25, 0.3) is 0 Å². The van der Waals surface area contributed by atoms with Crippen LogP contribution in [0.4, 0.5) is 0 Å². The average molecular weight is 486 g/mol. The molecule has 6 aliphatic rings. The van der Waals surface area contributed by atoms with Crippen LogP contribution in [0, 0.1) is 28.6 Å². The number of esters is 1. The van der Waals surface area contributed by atoms with E-state index in [-0.39, 0.29) is 29.1 Å². The number of nitrogens with zero attached hydrogens (tertiary/aromatic N) is 1. The Hall–Kier alpha value is -1.24. The van der Waals surface area contributed by atoms with Crippen molar-refractivity contribution in [3.8, 4) is 0 Å². The van der Waals surface area contributed by atoms with Crippen LogP contribution in [-0.4, -0.2) is 57.5 Å². The quantitative estimate of drug-likeness (QED) is 0.413. The molecule has 35 heavy (non-hydrogen) atoms. The summed E-state index contributed by atoms with van der Waals surface area (Å²) in [5.74, 6) is 0.168. The van der Waals surface area contributed by atoms with E-state index in [0.717, 1.165) is 56.9 Å². The molecule has 0 spiro atoms. The van der Waals surface area contributed by atoms with E-state index in [1.807, 2.05) is 0 Å². The van der Waals surface area contributed by atoms with Crippen LogP contribution in [0.2, 0.25) is 0 Å². The first-order chi connectivity index (χ1) is 16.7. The Morgan fingerprint density at radius 1 is 0.971 bits per heavy atom. The Bertz CT molecular complexity index is 926. The predicted molar refractivity (Wildman–Crippen MR) is 133 cm³/mol. The topological polar surface area (TPSA) is 99.4 Å². The number of aliphatic imine (C=N–C) groups is 1. The van der Waals surface area contributed by atoms with Gasteiger partial charge in [-0.05, 0) is 87.5 Å². The maximum absolute atomic E-state index is 12.5. The van der Waals surface area contributed by atoms with Crippen molar-refractivity contribution < 1.29 is 24.9 Å². The van der Waals surface area contributed by atoms with Gasteiger partial charge in [-0.15, -0.1) is 0 Å². The van der Waals surface area contributed by atoms with E-state index >= 15 is 0 Å². The van der Waals surface area contributed by atoms with Crippen LogP contribution in [0.5, 0.6) is 0 Å². The maximum Gasteiger partial charge on any atom is 0.331 e. The fourth-order valence-electron chi connectivity index (χ4n) is 9.83. The minimum atomic E-state index is -0.958. The minimum Gasteiger partial charge on any atom is -0.458 e. The van der Waals surface area contributed by atoms with Crippen molar-refractivity contribution in [3.63, 3.8) is 0 Å². The van der Waals surface area contributed by atoms with Gasteiger partial charge in [-0.2, -0.15) is 0 Å². The highest BCUT2D eigenvalue weighted by Gasteiger charge is 2.71. The lowest BCUT2D eigenvalue weighted by Crippen LogP contribution is -2.68. The molecule has 5 saturated carbocycles. The number of hydrogen-bond donors (Lipinski definition) is 3. The summed E-state index contributed by atoms with van der Waals surface area (Å²) >= 11 is 0. The molecule has 1 aliphatic heterocycles. The van der Waals surface area contributed by atoms with Crippen molar-refractivity contribution in [3.05, 3.63) is 11.6 Å². The third-order valence-corrected chi connectivity index (χ3v) is 11.7. The smallest absolute Gasteiger partial charge is 0.331 e. The standard InChI is InChI=1S/C29H43NO5/c1-26-11-8-23-24(29(26,34)14-10-22(26)19-15-25(32)35-17-19)9-13-28(33)16-21(31)7-12-27(23,28)18-30-20-5-3-2-4-6-20/h15,18,20-24,31,33-34H,2-14,16-17H2,1H3/t21-,22+,23+,24-,26-,27+,28+,29-/m1/s1. The molecule has 5 fully saturated rings. The first-order valence-corrected chi connectivity index (χ1v) is 14.3. The van der Waals surface area contributed by atoms with E-state index in [1.165, 1.54) is 19.3 Å². The molecule has 6 rings (SSSR count). The number of hydrogen-bond acceptors (Lipinski definition) is 6. The molecule has 5 aliphatic carbocycles. The number of aliphatic hydroxyl groups excluding tert-OH is 1. The Morgan fingerprint density at radius 2 is 1.74 bits per heavy atom. The molecule has 0 aromatic carbocycles. The van der Waals surface area contributed by atoms with Crippen molar-refractivity contribution >= 4 is 12.2 Å². The van der Waals surface area contributed by atoms with Gasteiger partial charge in [0.15, 0.2) is 0 Å². The van der Waals surface area contributed by atoms with Gasteiger partial charge in [-0.3, -0.25) is 4.99 Å². The Labute approximate surface area is 209 Å². The molecule has 194 valence electrons. The lowest BCUT2D eigenvalue weighted by atomic mass is 9.41. The maximum atomic E-state index is 12.5. The van der Waals surface area contributed by atoms with E-state index in [9.17, 15) is 20.1 Å². The summed E-state index contributed by atoms with van der Waals surface area (Å²) in [6, 6.07) is 0.342. The molecule has 0 amide bonds. The van der Waals surface area contributed by atoms with Crippen LogP contribution in [0.25, 0.3) is 0 Å². The highest BCUT2D eigenvalue weighted by Crippen LogP contribution is 2.70. The van der Waals surface area contributed by atoms with Gasteiger partial charge in [0, 0.05) is 35.6 Å². The number of ether oxygens (including phenoxy) is 1. The first-order valence-electron chi connectivity index (χ1n) is 14.3. The number of aliphatic hydroxyl groups is 3. The molecule has 3 N–H and O–H groups in total. The van der Waals surface area contributed by atoms with Crippen LogP contribution in [0.3, 0.4) is 0 Å². The molecular formula is C29H43NO5. The average Bonchev–Trinajstić information content (AvgIpc) is 3.38. The van der Waals surface area contributed by atoms with Crippen molar-refractivity contribution in [2.24, 2.45) is 33.6 Å². The van der Waals surface area contributed by atoms with E-state index in [2.05, 4.69) is 13.1 Å². The summed E-state index contributed by atoms with van der Waals surface area (Å²) < 4.78 is 5.25. The lowest BCUT2D eigenvalue weighted by Gasteiger charge is -2.65. The van der Waals surface area contributed by atoms with Crippen molar-refractivity contribution in [1.82, 2.24) is 0 Å². The number of carbonyl (C=O) groups is 1. The lowest BCUT2D eigenvalue weighted by molar-refractivity contribution is -0.237. The van der Waals surface area contributed by atoms with Crippen molar-refractivity contribution in [1.29, 1.82) is 0 Å². The molecule has 0 aromatic heterocycles. The Morgan fingerprint density at radius 3 is 2.49 bits per heavy atom. The third-order valence-electron chi connectivity index (χ3n) is 11.7. The molecule has 0 saturated heterocycles. The first kappa shape index (κ1) is 24.1. The summed E-state index contributed by atoms with van der Waals surface area (Å²) in [5.41, 5.74) is -1.50. The fourth-order valence-corrected chi connectivity index (χ4v) is 9.83. The highest BCUT2D eigenvalue weighted by molar-refractivity contribution is 5.85. The minimum absolute atomic E-state index is 0.0956. The summed E-state index contributed by atoms with van der Waals surface area (Å²) in [6.45, 7) is 2.59. The second-order valence-corrected chi connectivity index (χ2v) is 13.1. The van der Waals surface area contributed by atoms with Gasteiger partial charge in [0.05, 0.1) is 17.3 Å². The molecule has 8 atom stereocenters.